The van der Waals surface area contributed by atoms with Crippen LogP contribution in [0.25, 0.3) is 0 Å². The SMILES string of the molecule is COC(=O)CC(=O)c1cncc(B2OC(C)(C)C(C)(C)O2)c1. The van der Waals surface area contributed by atoms with Gasteiger partial charge in [-0.1, -0.05) is 0 Å². The van der Waals surface area contributed by atoms with E-state index in [1.54, 1.807) is 12.3 Å². The molecule has 0 aliphatic carbocycles. The van der Waals surface area contributed by atoms with Gasteiger partial charge in [0.25, 0.3) is 0 Å². The number of pyridine rings is 1. The third-order valence-corrected chi connectivity index (χ3v) is 4.14. The van der Waals surface area contributed by atoms with Crippen LogP contribution in [0.1, 0.15) is 44.5 Å². The molecular weight excluding hydrogens is 285 g/mol. The van der Waals surface area contributed by atoms with Gasteiger partial charge in [0.05, 0.1) is 18.3 Å². The highest BCUT2D eigenvalue weighted by Gasteiger charge is 2.51. The lowest BCUT2D eigenvalue weighted by atomic mass is 9.79. The Kier molecular flexibility index (Phi) is 4.40. The number of nitrogens with zero attached hydrogens (tertiary/aromatic N) is 1. The second-order valence-corrected chi connectivity index (χ2v) is 6.27. The average molecular weight is 305 g/mol. The standard InChI is InChI=1S/C15H20BNO5/c1-14(2)15(3,4)22-16(21-14)11-6-10(8-17-9-11)12(18)7-13(19)20-5/h6,8-9H,7H2,1-5H3. The molecule has 1 aromatic rings. The molecule has 0 saturated carbocycles. The van der Waals surface area contributed by atoms with Crippen LogP contribution in [-0.2, 0) is 18.8 Å². The van der Waals surface area contributed by atoms with E-state index in [0.29, 0.717) is 11.0 Å². The van der Waals surface area contributed by atoms with Gasteiger partial charge in [0.15, 0.2) is 5.78 Å². The summed E-state index contributed by atoms with van der Waals surface area (Å²) >= 11 is 0. The first-order valence-corrected chi connectivity index (χ1v) is 7.07. The smallest absolute Gasteiger partial charge is 0.469 e. The molecule has 0 N–H and O–H groups in total. The number of carbonyl (C=O) groups excluding carboxylic acids is 2. The summed E-state index contributed by atoms with van der Waals surface area (Å²) in [5, 5.41) is 0. The number of carbonyl (C=O) groups is 2. The third-order valence-electron chi connectivity index (χ3n) is 4.14. The Balaban J connectivity index is 2.20. The number of aromatic nitrogens is 1. The Labute approximate surface area is 130 Å². The van der Waals surface area contributed by atoms with Crippen molar-refractivity contribution < 1.29 is 23.6 Å². The molecule has 0 amide bonds. The average Bonchev–Trinajstić information content (AvgIpc) is 2.67. The van der Waals surface area contributed by atoms with Gasteiger partial charge in [-0.25, -0.2) is 0 Å². The largest absolute Gasteiger partial charge is 0.496 e. The molecule has 1 aliphatic heterocycles. The first-order chi connectivity index (χ1) is 10.2. The third kappa shape index (κ3) is 3.20. The molecule has 0 radical (unpaired) electrons. The molecule has 2 heterocycles. The fraction of sp³-hybridized carbons (Fsp3) is 0.533. The molecule has 2 rings (SSSR count). The van der Waals surface area contributed by atoms with Gasteiger partial charge in [-0.2, -0.15) is 0 Å². The Morgan fingerprint density at radius 2 is 1.77 bits per heavy atom. The first-order valence-electron chi connectivity index (χ1n) is 7.07. The quantitative estimate of drug-likeness (QED) is 0.359. The van der Waals surface area contributed by atoms with Gasteiger partial charge in [0.2, 0.25) is 0 Å². The minimum atomic E-state index is -0.594. The molecule has 1 saturated heterocycles. The van der Waals surface area contributed by atoms with Gasteiger partial charge in [0.1, 0.15) is 6.42 Å². The van der Waals surface area contributed by atoms with Crippen LogP contribution in [0.2, 0.25) is 0 Å². The molecule has 0 unspecified atom stereocenters. The normalized spacial score (nSPS) is 19.0. The summed E-state index contributed by atoms with van der Waals surface area (Å²) in [6.07, 6.45) is 2.70. The van der Waals surface area contributed by atoms with Crippen molar-refractivity contribution in [3.05, 3.63) is 24.0 Å². The number of esters is 1. The first kappa shape index (κ1) is 16.6. The Bertz CT molecular complexity index is 583. The lowest BCUT2D eigenvalue weighted by Crippen LogP contribution is -2.41. The molecule has 1 aromatic heterocycles. The van der Waals surface area contributed by atoms with Gasteiger partial charge < -0.3 is 14.0 Å². The summed E-state index contributed by atoms with van der Waals surface area (Å²) in [6, 6.07) is 1.64. The fourth-order valence-corrected chi connectivity index (χ4v) is 2.02. The Hall–Kier alpha value is -1.73. The van der Waals surface area contributed by atoms with E-state index in [2.05, 4.69) is 9.72 Å². The van der Waals surface area contributed by atoms with Crippen molar-refractivity contribution in [2.24, 2.45) is 0 Å². The number of ether oxygens (including phenoxy) is 1. The van der Waals surface area contributed by atoms with Crippen molar-refractivity contribution in [2.75, 3.05) is 7.11 Å². The van der Waals surface area contributed by atoms with Crippen molar-refractivity contribution in [2.45, 2.75) is 45.3 Å². The molecular formula is C15H20BNO5. The summed E-state index contributed by atoms with van der Waals surface area (Å²) in [7, 11) is 0.651. The molecule has 6 nitrogen and oxygen atoms in total. The highest BCUT2D eigenvalue weighted by Crippen LogP contribution is 2.36. The van der Waals surface area contributed by atoms with Crippen LogP contribution in [0, 0.1) is 0 Å². The molecule has 1 fully saturated rings. The Morgan fingerprint density at radius 3 is 2.32 bits per heavy atom. The maximum atomic E-state index is 12.0. The topological polar surface area (TPSA) is 74.7 Å². The molecule has 0 aromatic carbocycles. The summed E-state index contributed by atoms with van der Waals surface area (Å²) < 4.78 is 16.3. The van der Waals surface area contributed by atoms with Crippen LogP contribution in [0.4, 0.5) is 0 Å². The lowest BCUT2D eigenvalue weighted by Gasteiger charge is -2.32. The zero-order valence-electron chi connectivity index (χ0n) is 13.5. The van der Waals surface area contributed by atoms with E-state index in [1.807, 2.05) is 27.7 Å². The van der Waals surface area contributed by atoms with Gasteiger partial charge in [0, 0.05) is 23.4 Å². The summed E-state index contributed by atoms with van der Waals surface area (Å²) in [4.78, 5) is 27.3. The molecule has 7 heteroatoms. The van der Waals surface area contributed by atoms with Gasteiger partial charge in [-0.3, -0.25) is 14.6 Å². The Morgan fingerprint density at radius 1 is 1.18 bits per heavy atom. The van der Waals surface area contributed by atoms with E-state index in [1.165, 1.54) is 13.3 Å². The molecule has 1 aliphatic rings. The second kappa shape index (κ2) is 5.81. The van der Waals surface area contributed by atoms with Gasteiger partial charge in [-0.15, -0.1) is 0 Å². The summed E-state index contributed by atoms with van der Waals surface area (Å²) in [6.45, 7) is 7.80. The fourth-order valence-electron chi connectivity index (χ4n) is 2.02. The predicted molar refractivity (Wildman–Crippen MR) is 80.9 cm³/mol. The van der Waals surface area contributed by atoms with E-state index < -0.39 is 24.3 Å². The lowest BCUT2D eigenvalue weighted by molar-refractivity contribution is -0.139. The van der Waals surface area contributed by atoms with E-state index in [9.17, 15) is 9.59 Å². The van der Waals surface area contributed by atoms with Crippen molar-refractivity contribution >= 4 is 24.3 Å². The number of methoxy groups -OCH3 is 1. The van der Waals surface area contributed by atoms with E-state index >= 15 is 0 Å². The molecule has 0 bridgehead atoms. The number of hydrogen-bond donors (Lipinski definition) is 0. The minimum absolute atomic E-state index is 0.314. The molecule has 0 atom stereocenters. The molecule has 0 spiro atoms. The summed E-state index contributed by atoms with van der Waals surface area (Å²) in [5.41, 5.74) is 0.0416. The number of rotatable bonds is 4. The minimum Gasteiger partial charge on any atom is -0.469 e. The van der Waals surface area contributed by atoms with Crippen molar-refractivity contribution in [3.63, 3.8) is 0 Å². The van der Waals surface area contributed by atoms with Crippen LogP contribution in [-0.4, -0.2) is 42.2 Å². The highest BCUT2D eigenvalue weighted by molar-refractivity contribution is 6.62. The maximum Gasteiger partial charge on any atom is 0.496 e. The van der Waals surface area contributed by atoms with Crippen LogP contribution >= 0.6 is 0 Å². The van der Waals surface area contributed by atoms with E-state index in [4.69, 9.17) is 9.31 Å². The van der Waals surface area contributed by atoms with Gasteiger partial charge in [-0.05, 0) is 33.8 Å². The van der Waals surface area contributed by atoms with E-state index in [-0.39, 0.29) is 12.2 Å². The number of Topliss-reactive ketones (excluding diaryl/α,β-unsaturated/α-hetero) is 1. The van der Waals surface area contributed by atoms with Crippen LogP contribution in [0.3, 0.4) is 0 Å². The van der Waals surface area contributed by atoms with E-state index in [0.717, 1.165) is 0 Å². The van der Waals surface area contributed by atoms with Gasteiger partial charge >= 0.3 is 13.1 Å². The van der Waals surface area contributed by atoms with Crippen molar-refractivity contribution in [1.82, 2.24) is 4.98 Å². The predicted octanol–water partition coefficient (Wildman–Crippen LogP) is 1.13. The maximum absolute atomic E-state index is 12.0. The highest BCUT2D eigenvalue weighted by atomic mass is 16.7. The molecule has 22 heavy (non-hydrogen) atoms. The van der Waals surface area contributed by atoms with Crippen LogP contribution < -0.4 is 5.46 Å². The van der Waals surface area contributed by atoms with Crippen LogP contribution in [0.5, 0.6) is 0 Å². The monoisotopic (exact) mass is 305 g/mol. The molecule has 118 valence electrons. The zero-order valence-corrected chi connectivity index (χ0v) is 13.5. The van der Waals surface area contributed by atoms with Crippen LogP contribution in [0.15, 0.2) is 18.5 Å². The number of hydrogen-bond acceptors (Lipinski definition) is 6. The number of ketones is 1. The second-order valence-electron chi connectivity index (χ2n) is 6.27. The van der Waals surface area contributed by atoms with Crippen molar-refractivity contribution in [1.29, 1.82) is 0 Å². The van der Waals surface area contributed by atoms with Crippen molar-refractivity contribution in [3.8, 4) is 0 Å². The summed E-state index contributed by atoms with van der Waals surface area (Å²) in [5.74, 6) is -0.927. The zero-order chi connectivity index (χ0) is 16.5.